The van der Waals surface area contributed by atoms with Crippen LogP contribution < -0.4 is 10.1 Å². The fourth-order valence-electron chi connectivity index (χ4n) is 3.41. The van der Waals surface area contributed by atoms with E-state index in [-0.39, 0.29) is 38.4 Å². The van der Waals surface area contributed by atoms with Crippen molar-refractivity contribution < 1.29 is 42.9 Å². The molecule has 37 heavy (non-hydrogen) atoms. The van der Waals surface area contributed by atoms with Crippen LogP contribution in [0.15, 0.2) is 48.5 Å². The largest absolute Gasteiger partial charge is 0.464 e. The van der Waals surface area contributed by atoms with E-state index in [1.54, 1.807) is 62.4 Å². The summed E-state index contributed by atoms with van der Waals surface area (Å²) in [6.45, 7) is 5.40. The van der Waals surface area contributed by atoms with Gasteiger partial charge in [-0.3, -0.25) is 14.4 Å². The molecule has 0 saturated carbocycles. The van der Waals surface area contributed by atoms with Gasteiger partial charge in [-0.25, -0.2) is 9.59 Å². The molecule has 0 saturated heterocycles. The first kappa shape index (κ1) is 29.0. The van der Waals surface area contributed by atoms with Gasteiger partial charge in [0.05, 0.1) is 13.2 Å². The summed E-state index contributed by atoms with van der Waals surface area (Å²) in [5.74, 6) is -2.16. The summed E-state index contributed by atoms with van der Waals surface area (Å²) in [5, 5.41) is 2.44. The molecule has 0 heterocycles. The molecular weight excluding hydrogens is 482 g/mol. The van der Waals surface area contributed by atoms with Crippen LogP contribution in [0, 0.1) is 0 Å². The number of aryl methyl sites for hydroxylation is 1. The zero-order valence-corrected chi connectivity index (χ0v) is 21.3. The van der Waals surface area contributed by atoms with E-state index in [4.69, 9.17) is 18.9 Å². The van der Waals surface area contributed by atoms with Gasteiger partial charge >= 0.3 is 17.9 Å². The molecule has 0 atom stereocenters. The second kappa shape index (κ2) is 13.8. The number of hydrogen-bond acceptors (Lipinski definition) is 9. The van der Waals surface area contributed by atoms with E-state index in [1.165, 1.54) is 13.8 Å². The number of nitrogens with one attached hydrogen (secondary N) is 1. The predicted octanol–water partition coefficient (Wildman–Crippen LogP) is 3.16. The van der Waals surface area contributed by atoms with Crippen LogP contribution in [0.1, 0.15) is 50.0 Å². The van der Waals surface area contributed by atoms with Gasteiger partial charge < -0.3 is 24.3 Å². The molecule has 0 aliphatic carbocycles. The molecule has 2 aromatic carbocycles. The van der Waals surface area contributed by atoms with Gasteiger partial charge in [0.25, 0.3) is 0 Å². The Labute approximate surface area is 215 Å². The van der Waals surface area contributed by atoms with E-state index >= 15 is 0 Å². The quantitative estimate of drug-likeness (QED) is 0.185. The van der Waals surface area contributed by atoms with Crippen LogP contribution in [0.2, 0.25) is 0 Å². The van der Waals surface area contributed by atoms with Gasteiger partial charge in [-0.05, 0) is 68.7 Å². The van der Waals surface area contributed by atoms with Gasteiger partial charge in [0.2, 0.25) is 11.4 Å². The lowest BCUT2D eigenvalue weighted by Crippen LogP contribution is -2.61. The summed E-state index contributed by atoms with van der Waals surface area (Å²) >= 11 is 0. The van der Waals surface area contributed by atoms with E-state index in [2.05, 4.69) is 5.32 Å². The molecular formula is C27H31NO9. The third kappa shape index (κ3) is 8.45. The lowest BCUT2D eigenvalue weighted by molar-refractivity contribution is -0.168. The molecule has 0 unspecified atom stereocenters. The first-order chi connectivity index (χ1) is 17.6. The number of carbonyl (C=O) groups is 5. The maximum atomic E-state index is 12.7. The summed E-state index contributed by atoms with van der Waals surface area (Å²) in [6, 6.07) is 13.3. The molecule has 0 aliphatic rings. The predicted molar refractivity (Wildman–Crippen MR) is 132 cm³/mol. The smallest absolute Gasteiger partial charge is 0.343 e. The lowest BCUT2D eigenvalue weighted by atomic mass is 9.90. The Balaban J connectivity index is 2.09. The SMILES string of the molecule is CCOC(=O)C(CCc1ccc(Oc2ccc(C(=O)COC(C)=O)cc2)cc1)(NC(C)=O)C(=O)OCC. The number of ether oxygens (including phenoxy) is 4. The first-order valence-corrected chi connectivity index (χ1v) is 11.8. The molecule has 0 bridgehead atoms. The van der Waals surface area contributed by atoms with E-state index in [0.29, 0.717) is 17.1 Å². The number of rotatable bonds is 13. The standard InChI is InChI=1S/C27H31NO9/c1-5-34-25(32)27(28-18(3)29,26(33)35-6-2)16-15-20-7-11-22(12-8-20)37-23-13-9-21(10-14-23)24(31)17-36-19(4)30/h7-14H,5-6,15-17H2,1-4H3,(H,28,29). The van der Waals surface area contributed by atoms with E-state index in [9.17, 15) is 24.0 Å². The van der Waals surface area contributed by atoms with Crippen molar-refractivity contribution in [1.82, 2.24) is 5.32 Å². The number of hydrogen-bond donors (Lipinski definition) is 1. The third-order valence-electron chi connectivity index (χ3n) is 5.17. The summed E-state index contributed by atoms with van der Waals surface area (Å²) in [6.07, 6.45) is 0.199. The second-order valence-corrected chi connectivity index (χ2v) is 8.00. The summed E-state index contributed by atoms with van der Waals surface area (Å²) < 4.78 is 20.7. The Hall–Kier alpha value is -4.21. The number of amides is 1. The highest BCUT2D eigenvalue weighted by Gasteiger charge is 2.49. The van der Waals surface area contributed by atoms with Crippen LogP contribution in [-0.2, 0) is 39.8 Å². The Morgan fingerprint density at radius 1 is 0.757 bits per heavy atom. The van der Waals surface area contributed by atoms with Crippen LogP contribution in [0.3, 0.4) is 0 Å². The Bertz CT molecular complexity index is 1090. The van der Waals surface area contributed by atoms with Gasteiger partial charge in [0.15, 0.2) is 12.4 Å². The molecule has 1 amide bonds. The maximum Gasteiger partial charge on any atom is 0.343 e. The Morgan fingerprint density at radius 3 is 1.73 bits per heavy atom. The fourth-order valence-corrected chi connectivity index (χ4v) is 3.41. The zero-order valence-electron chi connectivity index (χ0n) is 21.3. The van der Waals surface area contributed by atoms with Gasteiger partial charge in [0, 0.05) is 19.4 Å². The average molecular weight is 514 g/mol. The first-order valence-electron chi connectivity index (χ1n) is 11.8. The van der Waals surface area contributed by atoms with E-state index in [0.717, 1.165) is 5.56 Å². The molecule has 0 fully saturated rings. The normalized spacial score (nSPS) is 10.7. The molecule has 2 aromatic rings. The number of Topliss-reactive ketones (excluding diaryl/α,β-unsaturated/α-hetero) is 1. The topological polar surface area (TPSA) is 134 Å². The van der Waals surface area contributed by atoms with Crippen LogP contribution in [0.5, 0.6) is 11.5 Å². The Morgan fingerprint density at radius 2 is 1.27 bits per heavy atom. The molecule has 2 rings (SSSR count). The van der Waals surface area contributed by atoms with Crippen LogP contribution in [-0.4, -0.2) is 55.0 Å². The molecule has 0 radical (unpaired) electrons. The number of esters is 3. The molecule has 10 nitrogen and oxygen atoms in total. The third-order valence-corrected chi connectivity index (χ3v) is 5.17. The number of carbonyl (C=O) groups excluding carboxylic acids is 5. The molecule has 0 aromatic heterocycles. The summed E-state index contributed by atoms with van der Waals surface area (Å²) in [4.78, 5) is 60.2. The highest BCUT2D eigenvalue weighted by molar-refractivity contribution is 6.07. The summed E-state index contributed by atoms with van der Waals surface area (Å²) in [7, 11) is 0. The van der Waals surface area contributed by atoms with Crippen LogP contribution in [0.25, 0.3) is 0 Å². The van der Waals surface area contributed by atoms with Crippen molar-refractivity contribution in [3.8, 4) is 11.5 Å². The Kier molecular flexibility index (Phi) is 10.8. The van der Waals surface area contributed by atoms with Crippen molar-refractivity contribution in [2.24, 2.45) is 0 Å². The molecule has 0 aliphatic heterocycles. The van der Waals surface area contributed by atoms with Crippen LogP contribution in [0.4, 0.5) is 0 Å². The molecule has 1 N–H and O–H groups in total. The van der Waals surface area contributed by atoms with Crippen molar-refractivity contribution in [3.05, 3.63) is 59.7 Å². The van der Waals surface area contributed by atoms with Gasteiger partial charge in [0.1, 0.15) is 11.5 Å². The number of benzene rings is 2. The monoisotopic (exact) mass is 513 g/mol. The summed E-state index contributed by atoms with van der Waals surface area (Å²) in [5.41, 5.74) is -0.793. The van der Waals surface area contributed by atoms with Crippen LogP contribution >= 0.6 is 0 Å². The highest BCUT2D eigenvalue weighted by atomic mass is 16.6. The lowest BCUT2D eigenvalue weighted by Gasteiger charge is -2.29. The molecule has 10 heteroatoms. The fraction of sp³-hybridized carbons (Fsp3) is 0.370. The number of ketones is 1. The van der Waals surface area contributed by atoms with Crippen molar-refractivity contribution in [2.45, 2.75) is 46.1 Å². The van der Waals surface area contributed by atoms with E-state index < -0.39 is 29.4 Å². The minimum atomic E-state index is -1.96. The highest BCUT2D eigenvalue weighted by Crippen LogP contribution is 2.24. The van der Waals surface area contributed by atoms with Gasteiger partial charge in [-0.2, -0.15) is 0 Å². The zero-order chi connectivity index (χ0) is 27.4. The van der Waals surface area contributed by atoms with Crippen molar-refractivity contribution in [1.29, 1.82) is 0 Å². The van der Waals surface area contributed by atoms with Gasteiger partial charge in [-0.1, -0.05) is 12.1 Å². The minimum absolute atomic E-state index is 0.0347. The van der Waals surface area contributed by atoms with Gasteiger partial charge in [-0.15, -0.1) is 0 Å². The minimum Gasteiger partial charge on any atom is -0.464 e. The van der Waals surface area contributed by atoms with E-state index in [1.807, 2.05) is 0 Å². The molecule has 198 valence electrons. The van der Waals surface area contributed by atoms with Crippen molar-refractivity contribution in [3.63, 3.8) is 0 Å². The second-order valence-electron chi connectivity index (χ2n) is 8.00. The van der Waals surface area contributed by atoms with Crippen molar-refractivity contribution >= 4 is 29.6 Å². The van der Waals surface area contributed by atoms with Crippen molar-refractivity contribution in [2.75, 3.05) is 19.8 Å². The molecule has 0 spiro atoms. The maximum absolute atomic E-state index is 12.7. The average Bonchev–Trinajstić information content (AvgIpc) is 2.86.